The van der Waals surface area contributed by atoms with E-state index in [1.165, 1.54) is 6.20 Å². The molecule has 0 unspecified atom stereocenters. The van der Waals surface area contributed by atoms with Gasteiger partial charge in [-0.25, -0.2) is 9.97 Å². The summed E-state index contributed by atoms with van der Waals surface area (Å²) >= 11 is 0. The molecule has 0 atom stereocenters. The highest BCUT2D eigenvalue weighted by molar-refractivity contribution is 6.09. The molecule has 3 aromatic carbocycles. The maximum absolute atomic E-state index is 13.5. The Kier molecular flexibility index (Phi) is 5.41. The van der Waals surface area contributed by atoms with E-state index in [1.54, 1.807) is 10.8 Å². The summed E-state index contributed by atoms with van der Waals surface area (Å²) in [5.74, 6) is 1.09. The number of rotatable bonds is 4. The van der Waals surface area contributed by atoms with Gasteiger partial charge in [-0.1, -0.05) is 30.3 Å². The second kappa shape index (κ2) is 9.01. The van der Waals surface area contributed by atoms with Crippen LogP contribution in [0.4, 0.5) is 30.2 Å². The van der Waals surface area contributed by atoms with Gasteiger partial charge in [0.2, 0.25) is 5.88 Å². The molecule has 4 heterocycles. The van der Waals surface area contributed by atoms with Crippen LogP contribution in [0.1, 0.15) is 5.56 Å². The van der Waals surface area contributed by atoms with E-state index in [9.17, 15) is 13.2 Å². The van der Waals surface area contributed by atoms with E-state index in [4.69, 9.17) is 4.74 Å². The summed E-state index contributed by atoms with van der Waals surface area (Å²) in [6, 6.07) is 27.2. The minimum absolute atomic E-state index is 0.176. The highest BCUT2D eigenvalue weighted by Gasteiger charge is 2.31. The normalized spacial score (nSPS) is 13.3. The first-order chi connectivity index (χ1) is 19.4. The number of benzene rings is 3. The van der Waals surface area contributed by atoms with Crippen LogP contribution in [-0.2, 0) is 6.18 Å². The van der Waals surface area contributed by atoms with Gasteiger partial charge in [0.25, 0.3) is 0 Å². The van der Waals surface area contributed by atoms with Crippen molar-refractivity contribution in [3.8, 4) is 17.4 Å². The van der Waals surface area contributed by atoms with Crippen LogP contribution in [-0.4, -0.2) is 28.3 Å². The predicted molar refractivity (Wildman–Crippen MR) is 150 cm³/mol. The van der Waals surface area contributed by atoms with Crippen molar-refractivity contribution in [2.45, 2.75) is 6.18 Å². The van der Waals surface area contributed by atoms with E-state index in [0.717, 1.165) is 45.5 Å². The van der Waals surface area contributed by atoms with Crippen LogP contribution in [0, 0.1) is 0 Å². The van der Waals surface area contributed by atoms with Gasteiger partial charge in [-0.3, -0.25) is 4.57 Å². The minimum atomic E-state index is -4.48. The molecule has 9 heteroatoms. The quantitative estimate of drug-likeness (QED) is 0.229. The van der Waals surface area contributed by atoms with E-state index in [1.807, 2.05) is 73.8 Å². The second-order valence-electron chi connectivity index (χ2n) is 9.64. The number of anilines is 3. The van der Waals surface area contributed by atoms with Gasteiger partial charge in [-0.15, -0.1) is 0 Å². The van der Waals surface area contributed by atoms with Gasteiger partial charge in [0, 0.05) is 48.0 Å². The molecule has 0 saturated heterocycles. The smallest absolute Gasteiger partial charge is 0.416 e. The van der Waals surface area contributed by atoms with E-state index in [-0.39, 0.29) is 5.82 Å². The Morgan fingerprint density at radius 1 is 0.750 bits per heavy atom. The van der Waals surface area contributed by atoms with Crippen molar-refractivity contribution in [2.24, 2.45) is 0 Å². The van der Waals surface area contributed by atoms with Crippen molar-refractivity contribution in [1.29, 1.82) is 0 Å². The molecule has 1 aliphatic heterocycles. The first-order valence-corrected chi connectivity index (χ1v) is 12.7. The number of fused-ring (bicyclic) bond motifs is 4. The minimum Gasteiger partial charge on any atom is -0.439 e. The summed E-state index contributed by atoms with van der Waals surface area (Å²) in [5, 5.41) is 1.78. The third-order valence-corrected chi connectivity index (χ3v) is 7.14. The number of halogens is 3. The Labute approximate surface area is 227 Å². The lowest BCUT2D eigenvalue weighted by molar-refractivity contribution is -0.137. The number of ether oxygens (including phenoxy) is 1. The highest BCUT2D eigenvalue weighted by atomic mass is 19.4. The van der Waals surface area contributed by atoms with Gasteiger partial charge in [0.15, 0.2) is 0 Å². The topological polar surface area (TPSA) is 46.4 Å². The van der Waals surface area contributed by atoms with Gasteiger partial charge in [0.05, 0.1) is 34.6 Å². The first kappa shape index (κ1) is 24.0. The molecular formula is C31H22F3N5O. The van der Waals surface area contributed by atoms with E-state index < -0.39 is 11.7 Å². The maximum atomic E-state index is 13.5. The molecule has 0 amide bonds. The van der Waals surface area contributed by atoms with Crippen molar-refractivity contribution in [3.05, 3.63) is 109 Å². The molecule has 0 bridgehead atoms. The molecule has 0 spiro atoms. The number of hydrogen-bond donors (Lipinski definition) is 0. The zero-order valence-electron chi connectivity index (χ0n) is 21.3. The number of pyridine rings is 2. The summed E-state index contributed by atoms with van der Waals surface area (Å²) in [4.78, 5) is 13.1. The van der Waals surface area contributed by atoms with Gasteiger partial charge in [-0.2, -0.15) is 13.2 Å². The fraction of sp³-hybridized carbons (Fsp3) is 0.0968. The van der Waals surface area contributed by atoms with Crippen LogP contribution >= 0.6 is 0 Å². The standard InChI is InChI=1S/C31H22F3N5O/c1-37-19-38(27-9-5-4-8-26(27)37)21-13-15-36-30(17-21)40-22-10-11-24-23-6-2-3-7-25(23)39(28(24)18-22)29-16-20(12-14-35-29)31(32,33)34/h2-18H,19H2,1H3. The van der Waals surface area contributed by atoms with Crippen LogP contribution in [0.25, 0.3) is 27.6 Å². The van der Waals surface area contributed by atoms with Crippen molar-refractivity contribution in [3.63, 3.8) is 0 Å². The molecule has 0 fully saturated rings. The van der Waals surface area contributed by atoms with Crippen LogP contribution in [0.2, 0.25) is 0 Å². The first-order valence-electron chi connectivity index (χ1n) is 12.7. The van der Waals surface area contributed by atoms with Crippen LogP contribution in [0.5, 0.6) is 11.6 Å². The molecule has 0 aliphatic carbocycles. The summed E-state index contributed by atoms with van der Waals surface area (Å²) in [7, 11) is 2.05. The zero-order chi connectivity index (χ0) is 27.4. The molecule has 6 nitrogen and oxygen atoms in total. The molecule has 7 rings (SSSR count). The Bertz CT molecular complexity index is 1900. The van der Waals surface area contributed by atoms with Crippen molar-refractivity contribution < 1.29 is 17.9 Å². The lowest BCUT2D eigenvalue weighted by Crippen LogP contribution is -2.23. The molecule has 0 saturated carbocycles. The number of nitrogens with zero attached hydrogens (tertiary/aromatic N) is 5. The predicted octanol–water partition coefficient (Wildman–Crippen LogP) is 7.93. The average Bonchev–Trinajstić information content (AvgIpc) is 3.47. The van der Waals surface area contributed by atoms with Gasteiger partial charge in [-0.05, 0) is 48.5 Å². The van der Waals surface area contributed by atoms with Crippen LogP contribution in [0.3, 0.4) is 0 Å². The molecule has 198 valence electrons. The fourth-order valence-electron chi connectivity index (χ4n) is 5.32. The lowest BCUT2D eigenvalue weighted by Gasteiger charge is -2.20. The van der Waals surface area contributed by atoms with E-state index in [0.29, 0.717) is 23.8 Å². The number of para-hydroxylation sites is 3. The second-order valence-corrected chi connectivity index (χ2v) is 9.64. The largest absolute Gasteiger partial charge is 0.439 e. The molecule has 6 aromatic rings. The van der Waals surface area contributed by atoms with Gasteiger partial charge >= 0.3 is 6.18 Å². The van der Waals surface area contributed by atoms with Crippen molar-refractivity contribution in [1.82, 2.24) is 14.5 Å². The van der Waals surface area contributed by atoms with Crippen molar-refractivity contribution in [2.75, 3.05) is 23.5 Å². The fourth-order valence-corrected chi connectivity index (χ4v) is 5.32. The summed E-state index contributed by atoms with van der Waals surface area (Å²) in [6.07, 6.45) is -1.60. The molecule has 3 aromatic heterocycles. The Morgan fingerprint density at radius 3 is 2.35 bits per heavy atom. The Morgan fingerprint density at radius 2 is 1.50 bits per heavy atom. The van der Waals surface area contributed by atoms with Gasteiger partial charge < -0.3 is 14.5 Å². The number of hydrogen-bond acceptors (Lipinski definition) is 5. The Hall–Kier alpha value is -5.05. The molecule has 0 radical (unpaired) electrons. The summed E-state index contributed by atoms with van der Waals surface area (Å²) in [6.45, 7) is 0.693. The zero-order valence-corrected chi connectivity index (χ0v) is 21.3. The Balaban J connectivity index is 1.29. The number of alkyl halides is 3. The van der Waals surface area contributed by atoms with Crippen LogP contribution in [0.15, 0.2) is 103 Å². The lowest BCUT2D eigenvalue weighted by atomic mass is 10.1. The van der Waals surface area contributed by atoms with Gasteiger partial charge in [0.1, 0.15) is 11.6 Å². The van der Waals surface area contributed by atoms with E-state index in [2.05, 4.69) is 31.9 Å². The molecular weight excluding hydrogens is 515 g/mol. The number of aromatic nitrogens is 3. The summed E-state index contributed by atoms with van der Waals surface area (Å²) < 4.78 is 48.5. The maximum Gasteiger partial charge on any atom is 0.416 e. The average molecular weight is 538 g/mol. The third kappa shape index (κ3) is 3.98. The van der Waals surface area contributed by atoms with E-state index >= 15 is 0 Å². The summed E-state index contributed by atoms with van der Waals surface area (Å²) in [5.41, 5.74) is 3.84. The monoisotopic (exact) mass is 537 g/mol. The third-order valence-electron chi connectivity index (χ3n) is 7.14. The molecule has 0 N–H and O–H groups in total. The molecule has 40 heavy (non-hydrogen) atoms. The highest BCUT2D eigenvalue weighted by Crippen LogP contribution is 2.41. The molecule has 1 aliphatic rings. The SMILES string of the molecule is CN1CN(c2ccnc(Oc3ccc4c5ccccc5n(-c5cc(C(F)(F)F)ccn5)c4c3)c2)c2ccccc21. The van der Waals surface area contributed by atoms with Crippen LogP contribution < -0.4 is 14.5 Å². The van der Waals surface area contributed by atoms with Crippen molar-refractivity contribution >= 4 is 38.9 Å².